The molecule has 1 amide bonds. The van der Waals surface area contributed by atoms with Gasteiger partial charge in [-0.25, -0.2) is 0 Å². The Hall–Kier alpha value is -0.900. The van der Waals surface area contributed by atoms with Crippen LogP contribution >= 0.6 is 0 Å². The third kappa shape index (κ3) is 1.72. The Labute approximate surface area is 77.3 Å². The van der Waals surface area contributed by atoms with Crippen molar-refractivity contribution in [2.45, 2.75) is 25.3 Å². The normalized spacial score (nSPS) is 29.8. The van der Waals surface area contributed by atoms with Crippen LogP contribution in [0.4, 0.5) is 0 Å². The number of Topliss-reactive ketones (excluding diaryl/α,β-unsaturated/α-hetero) is 1. The van der Waals surface area contributed by atoms with E-state index in [2.05, 4.69) is 5.32 Å². The van der Waals surface area contributed by atoms with Gasteiger partial charge < -0.3 is 10.2 Å². The summed E-state index contributed by atoms with van der Waals surface area (Å²) >= 11 is 0. The number of hydrogen-bond donors (Lipinski definition) is 1. The molecule has 0 aromatic heterocycles. The molecule has 0 aliphatic carbocycles. The molecule has 13 heavy (non-hydrogen) atoms. The van der Waals surface area contributed by atoms with Crippen molar-refractivity contribution in [3.63, 3.8) is 0 Å². The molecule has 4 nitrogen and oxygen atoms in total. The molecule has 2 aliphatic rings. The van der Waals surface area contributed by atoms with Crippen molar-refractivity contribution in [3.8, 4) is 0 Å². The highest BCUT2D eigenvalue weighted by atomic mass is 16.2. The molecule has 2 rings (SSSR count). The van der Waals surface area contributed by atoms with Crippen LogP contribution in [0.15, 0.2) is 0 Å². The lowest BCUT2D eigenvalue weighted by Crippen LogP contribution is -2.46. The topological polar surface area (TPSA) is 49.4 Å². The van der Waals surface area contributed by atoms with E-state index in [1.54, 1.807) is 4.90 Å². The molecule has 1 N–H and O–H groups in total. The summed E-state index contributed by atoms with van der Waals surface area (Å²) in [4.78, 5) is 24.1. The van der Waals surface area contributed by atoms with Gasteiger partial charge in [0, 0.05) is 12.6 Å². The first kappa shape index (κ1) is 8.69. The van der Waals surface area contributed by atoms with Crippen molar-refractivity contribution < 1.29 is 9.59 Å². The van der Waals surface area contributed by atoms with E-state index in [1.165, 1.54) is 0 Å². The molecule has 2 fully saturated rings. The fourth-order valence-electron chi connectivity index (χ4n) is 2.04. The van der Waals surface area contributed by atoms with E-state index >= 15 is 0 Å². The molecule has 4 heteroatoms. The monoisotopic (exact) mass is 182 g/mol. The molecule has 2 saturated heterocycles. The van der Waals surface area contributed by atoms with E-state index in [9.17, 15) is 9.59 Å². The highest BCUT2D eigenvalue weighted by Crippen LogP contribution is 2.16. The molecular formula is C9H14N2O2. The SMILES string of the molecule is O=C1CC(=O)N([C@@H]2CCCNC2)C1. The van der Waals surface area contributed by atoms with Crippen LogP contribution in [0.25, 0.3) is 0 Å². The van der Waals surface area contributed by atoms with Crippen LogP contribution in [-0.4, -0.2) is 42.3 Å². The van der Waals surface area contributed by atoms with Gasteiger partial charge in [-0.2, -0.15) is 0 Å². The van der Waals surface area contributed by atoms with Gasteiger partial charge in [-0.15, -0.1) is 0 Å². The van der Waals surface area contributed by atoms with Gasteiger partial charge in [0.2, 0.25) is 5.91 Å². The molecule has 0 bridgehead atoms. The minimum Gasteiger partial charge on any atom is -0.331 e. The summed E-state index contributed by atoms with van der Waals surface area (Å²) in [5.41, 5.74) is 0. The van der Waals surface area contributed by atoms with Crippen molar-refractivity contribution in [1.82, 2.24) is 10.2 Å². The number of nitrogens with one attached hydrogen (secondary N) is 1. The number of hydrogen-bond acceptors (Lipinski definition) is 3. The number of carbonyl (C=O) groups is 2. The molecule has 0 spiro atoms. The second-order valence-electron chi connectivity index (χ2n) is 3.74. The number of ketones is 1. The fourth-order valence-corrected chi connectivity index (χ4v) is 2.04. The molecule has 0 radical (unpaired) electrons. The van der Waals surface area contributed by atoms with Crippen LogP contribution in [0.1, 0.15) is 19.3 Å². The Morgan fingerprint density at radius 1 is 1.38 bits per heavy atom. The van der Waals surface area contributed by atoms with E-state index in [0.717, 1.165) is 25.9 Å². The zero-order valence-corrected chi connectivity index (χ0v) is 7.58. The average Bonchev–Trinajstić information content (AvgIpc) is 2.47. The molecule has 1 atom stereocenters. The largest absolute Gasteiger partial charge is 0.331 e. The van der Waals surface area contributed by atoms with Crippen molar-refractivity contribution in [2.75, 3.05) is 19.6 Å². The van der Waals surface area contributed by atoms with Crippen molar-refractivity contribution >= 4 is 11.7 Å². The Balaban J connectivity index is 1.99. The first-order chi connectivity index (χ1) is 6.27. The summed E-state index contributed by atoms with van der Waals surface area (Å²) in [5.74, 6) is 0.0780. The van der Waals surface area contributed by atoms with E-state index < -0.39 is 0 Å². The quantitative estimate of drug-likeness (QED) is 0.558. The van der Waals surface area contributed by atoms with E-state index in [0.29, 0.717) is 6.54 Å². The van der Waals surface area contributed by atoms with Gasteiger partial charge in [0.15, 0.2) is 5.78 Å². The summed E-state index contributed by atoms with van der Waals surface area (Å²) in [5, 5.41) is 3.24. The van der Waals surface area contributed by atoms with Gasteiger partial charge in [0.1, 0.15) is 0 Å². The van der Waals surface area contributed by atoms with Gasteiger partial charge in [0.05, 0.1) is 13.0 Å². The smallest absolute Gasteiger partial charge is 0.230 e. The molecule has 72 valence electrons. The highest BCUT2D eigenvalue weighted by molar-refractivity contribution is 6.05. The standard InChI is InChI=1S/C9H14N2O2/c12-8-4-9(13)11(6-8)7-2-1-3-10-5-7/h7,10H,1-6H2/t7-/m1/s1. The number of amides is 1. The fraction of sp³-hybridized carbons (Fsp3) is 0.778. The van der Waals surface area contributed by atoms with Crippen LogP contribution in [0.3, 0.4) is 0 Å². The number of likely N-dealkylation sites (tertiary alicyclic amines) is 1. The Morgan fingerprint density at radius 2 is 2.23 bits per heavy atom. The molecule has 0 saturated carbocycles. The van der Waals surface area contributed by atoms with E-state index in [4.69, 9.17) is 0 Å². The summed E-state index contributed by atoms with van der Waals surface area (Å²) < 4.78 is 0. The van der Waals surface area contributed by atoms with Gasteiger partial charge >= 0.3 is 0 Å². The third-order valence-corrected chi connectivity index (χ3v) is 2.73. The van der Waals surface area contributed by atoms with Crippen molar-refractivity contribution in [2.24, 2.45) is 0 Å². The molecule has 0 unspecified atom stereocenters. The van der Waals surface area contributed by atoms with Gasteiger partial charge in [-0.1, -0.05) is 0 Å². The summed E-state index contributed by atoms with van der Waals surface area (Å²) in [7, 11) is 0. The summed E-state index contributed by atoms with van der Waals surface area (Å²) in [6.45, 7) is 2.22. The van der Waals surface area contributed by atoms with Crippen molar-refractivity contribution in [1.29, 1.82) is 0 Å². The first-order valence-corrected chi connectivity index (χ1v) is 4.79. The second-order valence-corrected chi connectivity index (χ2v) is 3.74. The number of rotatable bonds is 1. The number of nitrogens with zero attached hydrogens (tertiary/aromatic N) is 1. The van der Waals surface area contributed by atoms with Gasteiger partial charge in [-0.05, 0) is 19.4 Å². The highest BCUT2D eigenvalue weighted by Gasteiger charge is 2.33. The molecule has 2 heterocycles. The maximum absolute atomic E-state index is 11.4. The number of carbonyl (C=O) groups excluding carboxylic acids is 2. The lowest BCUT2D eigenvalue weighted by Gasteiger charge is -2.30. The molecule has 0 aromatic carbocycles. The maximum Gasteiger partial charge on any atom is 0.230 e. The molecular weight excluding hydrogens is 168 g/mol. The van der Waals surface area contributed by atoms with Gasteiger partial charge in [-0.3, -0.25) is 9.59 Å². The molecule has 0 aromatic rings. The molecule has 2 aliphatic heterocycles. The third-order valence-electron chi connectivity index (χ3n) is 2.73. The zero-order chi connectivity index (χ0) is 9.26. The summed E-state index contributed by atoms with van der Waals surface area (Å²) in [6.07, 6.45) is 2.26. The van der Waals surface area contributed by atoms with E-state index in [1.807, 2.05) is 0 Å². The second kappa shape index (κ2) is 3.46. The minimum absolute atomic E-state index is 0.0127. The predicted molar refractivity (Wildman–Crippen MR) is 47.2 cm³/mol. The van der Waals surface area contributed by atoms with Crippen LogP contribution in [0.5, 0.6) is 0 Å². The van der Waals surface area contributed by atoms with Crippen LogP contribution in [0, 0.1) is 0 Å². The maximum atomic E-state index is 11.4. The lowest BCUT2D eigenvalue weighted by molar-refractivity contribution is -0.130. The Kier molecular flexibility index (Phi) is 2.31. The minimum atomic E-state index is 0.0127. The average molecular weight is 182 g/mol. The zero-order valence-electron chi connectivity index (χ0n) is 7.58. The van der Waals surface area contributed by atoms with Crippen LogP contribution in [-0.2, 0) is 9.59 Å². The lowest BCUT2D eigenvalue weighted by atomic mass is 10.1. The van der Waals surface area contributed by atoms with E-state index in [-0.39, 0.29) is 24.2 Å². The van der Waals surface area contributed by atoms with Crippen LogP contribution in [0.2, 0.25) is 0 Å². The van der Waals surface area contributed by atoms with Gasteiger partial charge in [0.25, 0.3) is 0 Å². The van der Waals surface area contributed by atoms with Crippen molar-refractivity contribution in [3.05, 3.63) is 0 Å². The van der Waals surface area contributed by atoms with Crippen LogP contribution < -0.4 is 5.32 Å². The predicted octanol–water partition coefficient (Wildman–Crippen LogP) is -0.460. The summed E-state index contributed by atoms with van der Waals surface area (Å²) in [6, 6.07) is 0.257. The number of piperidine rings is 1. The first-order valence-electron chi connectivity index (χ1n) is 4.79. The Bertz CT molecular complexity index is 234. The Morgan fingerprint density at radius 3 is 2.77 bits per heavy atom.